The zero-order chi connectivity index (χ0) is 37.6. The molecular weight excluding hydrogens is 676 g/mol. The fourth-order valence-corrected chi connectivity index (χ4v) is 6.02. The summed E-state index contributed by atoms with van der Waals surface area (Å²) in [6, 6.07) is 8.55. The average molecular weight is 721 g/mol. The molecule has 5 amide bonds. The van der Waals surface area contributed by atoms with Crippen molar-refractivity contribution >= 4 is 41.5 Å². The lowest BCUT2D eigenvalue weighted by Crippen LogP contribution is -2.54. The van der Waals surface area contributed by atoms with E-state index < -0.39 is 47.1 Å². The fraction of sp³-hybridized carbons (Fsp3) is 0.472. The Labute approximate surface area is 301 Å². The van der Waals surface area contributed by atoms with Crippen LogP contribution >= 0.6 is 0 Å². The number of fused-ring (bicyclic) bond motifs is 1. The molecule has 2 aliphatic rings. The second-order valence-electron chi connectivity index (χ2n) is 13.0. The first-order chi connectivity index (χ1) is 24.9. The summed E-state index contributed by atoms with van der Waals surface area (Å²) in [6.45, 7) is 3.81. The van der Waals surface area contributed by atoms with Crippen molar-refractivity contribution in [2.75, 3.05) is 18.5 Å². The summed E-state index contributed by atoms with van der Waals surface area (Å²) in [5, 5.41) is 21.4. The molecule has 1 saturated carbocycles. The minimum atomic E-state index is -1.04. The lowest BCUT2D eigenvalue weighted by atomic mass is 10.0. The lowest BCUT2D eigenvalue weighted by Gasteiger charge is -2.25. The van der Waals surface area contributed by atoms with Crippen LogP contribution in [0.3, 0.4) is 0 Å². The Morgan fingerprint density at radius 1 is 0.923 bits per heavy atom. The minimum Gasteiger partial charge on any atom is -0.449 e. The molecule has 2 aliphatic carbocycles. The third-order valence-corrected chi connectivity index (χ3v) is 8.90. The zero-order valence-electron chi connectivity index (χ0n) is 29.1. The predicted octanol–water partition coefficient (Wildman–Crippen LogP) is 4.37. The van der Waals surface area contributed by atoms with Gasteiger partial charge < -0.3 is 41.2 Å². The number of nitrogens with two attached hydrogens (primary N) is 1. The van der Waals surface area contributed by atoms with E-state index in [1.165, 1.54) is 24.3 Å². The van der Waals surface area contributed by atoms with Crippen LogP contribution < -0.4 is 31.7 Å². The average Bonchev–Trinajstić information content (AvgIpc) is 3.75. The van der Waals surface area contributed by atoms with E-state index in [4.69, 9.17) is 19.9 Å². The Morgan fingerprint density at radius 3 is 2.17 bits per heavy atom. The van der Waals surface area contributed by atoms with Crippen molar-refractivity contribution in [2.24, 2.45) is 29.4 Å². The van der Waals surface area contributed by atoms with Crippen LogP contribution in [-0.2, 0) is 25.7 Å². The number of non-ortho nitro benzene ring substituents is 1. The van der Waals surface area contributed by atoms with Crippen molar-refractivity contribution in [3.8, 4) is 17.6 Å². The Bertz CT molecular complexity index is 1640. The molecule has 52 heavy (non-hydrogen) atoms. The normalized spacial score (nSPS) is 18.3. The van der Waals surface area contributed by atoms with Crippen molar-refractivity contribution in [3.63, 3.8) is 0 Å². The van der Waals surface area contributed by atoms with Crippen LogP contribution in [0.5, 0.6) is 5.75 Å². The number of nitrogens with one attached hydrogen (secondary N) is 4. The fourth-order valence-electron chi connectivity index (χ4n) is 6.02. The van der Waals surface area contributed by atoms with Crippen LogP contribution in [0.1, 0.15) is 57.9 Å². The second kappa shape index (κ2) is 18.9. The Hall–Kier alpha value is -5.85. The van der Waals surface area contributed by atoms with Gasteiger partial charge in [0.2, 0.25) is 11.8 Å². The number of ether oxygens (including phenoxy) is 3. The van der Waals surface area contributed by atoms with Crippen LogP contribution in [-0.4, -0.2) is 60.3 Å². The maximum atomic E-state index is 13.4. The van der Waals surface area contributed by atoms with Crippen molar-refractivity contribution in [2.45, 2.75) is 71.1 Å². The van der Waals surface area contributed by atoms with Crippen LogP contribution in [0.25, 0.3) is 0 Å². The molecule has 16 nitrogen and oxygen atoms in total. The van der Waals surface area contributed by atoms with Gasteiger partial charge in [0.05, 0.1) is 11.5 Å². The molecule has 5 atom stereocenters. The number of nitro benzene ring substituents is 1. The summed E-state index contributed by atoms with van der Waals surface area (Å²) in [5.74, 6) is 6.23. The number of urea groups is 1. The summed E-state index contributed by atoms with van der Waals surface area (Å²) in [4.78, 5) is 73.0. The van der Waals surface area contributed by atoms with Gasteiger partial charge in [-0.25, -0.2) is 14.4 Å². The van der Waals surface area contributed by atoms with Gasteiger partial charge in [0.1, 0.15) is 24.4 Å². The molecule has 0 aromatic heterocycles. The highest BCUT2D eigenvalue weighted by Gasteiger charge is 2.49. The number of anilines is 1. The van der Waals surface area contributed by atoms with E-state index >= 15 is 0 Å². The molecule has 4 rings (SSSR count). The smallest absolute Gasteiger partial charge is 0.449 e. The number of hydrogen-bond donors (Lipinski definition) is 5. The van der Waals surface area contributed by atoms with Crippen molar-refractivity contribution in [1.82, 2.24) is 16.0 Å². The highest BCUT2D eigenvalue weighted by atomic mass is 16.7. The van der Waals surface area contributed by atoms with Crippen molar-refractivity contribution in [3.05, 3.63) is 64.2 Å². The van der Waals surface area contributed by atoms with Gasteiger partial charge in [-0.1, -0.05) is 26.0 Å². The second-order valence-corrected chi connectivity index (χ2v) is 13.0. The third-order valence-electron chi connectivity index (χ3n) is 8.90. The monoisotopic (exact) mass is 720 g/mol. The molecule has 1 unspecified atom stereocenters. The molecule has 2 aromatic carbocycles. The minimum absolute atomic E-state index is 0.0730. The lowest BCUT2D eigenvalue weighted by molar-refractivity contribution is -0.384. The maximum Gasteiger partial charge on any atom is 0.514 e. The van der Waals surface area contributed by atoms with E-state index in [0.29, 0.717) is 29.5 Å². The van der Waals surface area contributed by atoms with E-state index in [9.17, 15) is 34.1 Å². The van der Waals surface area contributed by atoms with Gasteiger partial charge in [0.25, 0.3) is 5.69 Å². The number of carbonyl (C=O) groups excluding carboxylic acids is 5. The Kier molecular flexibility index (Phi) is 14.2. The van der Waals surface area contributed by atoms with Crippen LogP contribution in [0.4, 0.5) is 25.8 Å². The van der Waals surface area contributed by atoms with E-state index in [1.807, 2.05) is 0 Å². The number of rotatable bonds is 16. The molecule has 278 valence electrons. The molecule has 16 heteroatoms. The molecule has 0 heterocycles. The number of benzene rings is 2. The van der Waals surface area contributed by atoms with Crippen molar-refractivity contribution < 1.29 is 43.1 Å². The molecule has 0 bridgehead atoms. The van der Waals surface area contributed by atoms with Gasteiger partial charge in [-0.3, -0.25) is 19.7 Å². The van der Waals surface area contributed by atoms with Gasteiger partial charge in [-0.05, 0) is 79.2 Å². The third kappa shape index (κ3) is 12.2. The van der Waals surface area contributed by atoms with Crippen LogP contribution in [0, 0.1) is 45.6 Å². The Morgan fingerprint density at radius 2 is 1.58 bits per heavy atom. The Balaban J connectivity index is 1.29. The molecule has 0 radical (unpaired) electrons. The molecule has 0 aliphatic heterocycles. The summed E-state index contributed by atoms with van der Waals surface area (Å²) in [7, 11) is 0. The summed E-state index contributed by atoms with van der Waals surface area (Å²) < 4.78 is 15.6. The number of nitro groups is 1. The molecule has 1 fully saturated rings. The zero-order valence-corrected chi connectivity index (χ0v) is 29.1. The number of hydrogen-bond acceptors (Lipinski definition) is 10. The van der Waals surface area contributed by atoms with E-state index in [1.54, 1.807) is 38.1 Å². The number of nitrogens with zero attached hydrogens (tertiary/aromatic N) is 1. The van der Waals surface area contributed by atoms with Gasteiger partial charge in [-0.15, -0.1) is 11.8 Å². The first-order valence-corrected chi connectivity index (χ1v) is 17.1. The van der Waals surface area contributed by atoms with E-state index in [-0.39, 0.29) is 49.5 Å². The molecule has 6 N–H and O–H groups in total. The maximum absolute atomic E-state index is 13.4. The molecule has 2 aromatic rings. The van der Waals surface area contributed by atoms with Gasteiger partial charge in [0, 0.05) is 37.2 Å². The van der Waals surface area contributed by atoms with E-state index in [0.717, 1.165) is 25.7 Å². The van der Waals surface area contributed by atoms with Crippen molar-refractivity contribution in [1.29, 1.82) is 0 Å². The quantitative estimate of drug-likeness (QED) is 0.0410. The largest absolute Gasteiger partial charge is 0.514 e. The SMILES string of the molecule is CC(C)[C@H](NC(=O)OCC1[C@H]2CCC#CCC[C@@H]12)C(=O)N[C@H](CCCNC(N)=O)C(=O)Nc1ccc(COC(=O)Oc2ccc([N+](=O)[O-])cc2)cc1. The number of primary amides is 1. The summed E-state index contributed by atoms with van der Waals surface area (Å²) in [5.41, 5.74) is 5.95. The summed E-state index contributed by atoms with van der Waals surface area (Å²) >= 11 is 0. The standard InChI is InChI=1S/C36H44N6O10/c1-22(2)31(41-35(46)50-21-29-27-8-5-3-4-6-9-28(27)29)33(44)40-30(10-7-19-38-34(37)45)32(43)39-24-13-11-23(12-14-24)20-51-36(47)52-26-17-15-25(16-18-26)42(48)49/h11-18,22,27-31H,5-10,19-21H2,1-2H3,(H,39,43)(H,40,44)(H,41,46)(H3,37,38,45)/t27-,28+,29?,30-,31+/m1/s1. The highest BCUT2D eigenvalue weighted by Crippen LogP contribution is 2.52. The number of alkyl carbamates (subject to hydrolysis) is 1. The molecule has 0 saturated heterocycles. The van der Waals surface area contributed by atoms with Gasteiger partial charge in [-0.2, -0.15) is 0 Å². The summed E-state index contributed by atoms with van der Waals surface area (Å²) in [6.07, 6.45) is 2.41. The molecule has 0 spiro atoms. The van der Waals surface area contributed by atoms with Crippen LogP contribution in [0.15, 0.2) is 48.5 Å². The first-order valence-electron chi connectivity index (χ1n) is 17.1. The number of amides is 5. The van der Waals surface area contributed by atoms with E-state index in [2.05, 4.69) is 33.1 Å². The van der Waals surface area contributed by atoms with Crippen LogP contribution in [0.2, 0.25) is 0 Å². The van der Waals surface area contributed by atoms with Gasteiger partial charge >= 0.3 is 18.3 Å². The molecular formula is C36H44N6O10. The predicted molar refractivity (Wildman–Crippen MR) is 188 cm³/mol. The highest BCUT2D eigenvalue weighted by molar-refractivity contribution is 5.98. The first kappa shape index (κ1) is 38.9. The van der Waals surface area contributed by atoms with Gasteiger partial charge in [0.15, 0.2) is 0 Å². The topological polar surface area (TPSA) is 230 Å². The number of carbonyl (C=O) groups is 5.